The Balaban J connectivity index is 2.37. The second-order valence-electron chi connectivity index (χ2n) is 3.44. The Morgan fingerprint density at radius 1 is 1.29 bits per heavy atom. The van der Waals surface area contributed by atoms with Crippen LogP contribution < -0.4 is 0 Å². The van der Waals surface area contributed by atoms with E-state index in [1.54, 1.807) is 0 Å². The molecule has 0 aliphatic rings. The van der Waals surface area contributed by atoms with Crippen LogP contribution >= 0.6 is 0 Å². The summed E-state index contributed by atoms with van der Waals surface area (Å²) in [6.45, 7) is 2.08. The maximum Gasteiger partial charge on any atom is 0.123 e. The van der Waals surface area contributed by atoms with E-state index < -0.39 is 0 Å². The van der Waals surface area contributed by atoms with E-state index in [0.29, 0.717) is 6.42 Å². The van der Waals surface area contributed by atoms with Gasteiger partial charge >= 0.3 is 0 Å². The standard InChI is InChI=1S/C13H16O/c1-12(6-5-11-14)9-10-13-7-3-2-4-8-13/h2-4,6-8,11H,5,9-10H2,1H3/b12-6+. The van der Waals surface area contributed by atoms with Crippen molar-refractivity contribution < 1.29 is 4.79 Å². The summed E-state index contributed by atoms with van der Waals surface area (Å²) in [7, 11) is 0. The maximum atomic E-state index is 10.1. The van der Waals surface area contributed by atoms with Gasteiger partial charge in [-0.15, -0.1) is 0 Å². The van der Waals surface area contributed by atoms with Gasteiger partial charge in [-0.1, -0.05) is 42.0 Å². The van der Waals surface area contributed by atoms with Gasteiger partial charge in [0.15, 0.2) is 0 Å². The molecule has 0 N–H and O–H groups in total. The second kappa shape index (κ2) is 6.14. The molecule has 74 valence electrons. The lowest BCUT2D eigenvalue weighted by Gasteiger charge is -2.01. The van der Waals surface area contributed by atoms with Gasteiger partial charge in [0, 0.05) is 6.42 Å². The number of hydrogen-bond donors (Lipinski definition) is 0. The van der Waals surface area contributed by atoms with Crippen LogP contribution in [0.3, 0.4) is 0 Å². The molecule has 1 nitrogen and oxygen atoms in total. The van der Waals surface area contributed by atoms with Crippen molar-refractivity contribution in [3.05, 3.63) is 47.5 Å². The number of carbonyl (C=O) groups excluding carboxylic acids is 1. The minimum absolute atomic E-state index is 0.542. The first-order valence-electron chi connectivity index (χ1n) is 4.96. The lowest BCUT2D eigenvalue weighted by Crippen LogP contribution is -1.86. The van der Waals surface area contributed by atoms with Crippen LogP contribution in [0.4, 0.5) is 0 Å². The van der Waals surface area contributed by atoms with E-state index in [-0.39, 0.29) is 0 Å². The van der Waals surface area contributed by atoms with Crippen molar-refractivity contribution in [2.75, 3.05) is 0 Å². The molecular weight excluding hydrogens is 172 g/mol. The summed E-state index contributed by atoms with van der Waals surface area (Å²) in [6, 6.07) is 10.4. The molecular formula is C13H16O. The molecule has 0 radical (unpaired) electrons. The van der Waals surface area contributed by atoms with E-state index in [1.165, 1.54) is 11.1 Å². The van der Waals surface area contributed by atoms with Crippen LogP contribution in [0.25, 0.3) is 0 Å². The van der Waals surface area contributed by atoms with Crippen molar-refractivity contribution in [1.82, 2.24) is 0 Å². The van der Waals surface area contributed by atoms with Crippen molar-refractivity contribution in [3.8, 4) is 0 Å². The number of rotatable bonds is 5. The lowest BCUT2D eigenvalue weighted by atomic mass is 10.1. The van der Waals surface area contributed by atoms with Crippen molar-refractivity contribution in [3.63, 3.8) is 0 Å². The zero-order chi connectivity index (χ0) is 10.2. The van der Waals surface area contributed by atoms with Crippen LogP contribution in [0, 0.1) is 0 Å². The number of allylic oxidation sites excluding steroid dienone is 2. The molecule has 0 aromatic heterocycles. The first-order chi connectivity index (χ1) is 6.83. The third kappa shape index (κ3) is 4.04. The molecule has 1 rings (SSSR count). The number of carbonyl (C=O) groups is 1. The number of aldehydes is 1. The molecule has 0 heterocycles. The molecule has 0 amide bonds. The van der Waals surface area contributed by atoms with Crippen LogP contribution in [0.15, 0.2) is 42.0 Å². The Morgan fingerprint density at radius 3 is 2.64 bits per heavy atom. The molecule has 0 saturated carbocycles. The van der Waals surface area contributed by atoms with Crippen LogP contribution in [0.1, 0.15) is 25.3 Å². The van der Waals surface area contributed by atoms with Crippen LogP contribution in [0.5, 0.6) is 0 Å². The molecule has 0 fully saturated rings. The quantitative estimate of drug-likeness (QED) is 0.512. The zero-order valence-electron chi connectivity index (χ0n) is 8.57. The topological polar surface area (TPSA) is 17.1 Å². The molecule has 1 aromatic carbocycles. The molecule has 14 heavy (non-hydrogen) atoms. The third-order valence-electron chi connectivity index (χ3n) is 2.21. The molecule has 0 aliphatic heterocycles. The van der Waals surface area contributed by atoms with Crippen LogP contribution in [0.2, 0.25) is 0 Å². The van der Waals surface area contributed by atoms with E-state index in [2.05, 4.69) is 31.2 Å². The first kappa shape index (κ1) is 10.7. The maximum absolute atomic E-state index is 10.1. The van der Waals surface area contributed by atoms with Crippen molar-refractivity contribution in [2.45, 2.75) is 26.2 Å². The van der Waals surface area contributed by atoms with Crippen LogP contribution in [-0.4, -0.2) is 6.29 Å². The molecule has 0 saturated heterocycles. The van der Waals surface area contributed by atoms with Gasteiger partial charge in [-0.25, -0.2) is 0 Å². The van der Waals surface area contributed by atoms with Gasteiger partial charge in [0.2, 0.25) is 0 Å². The van der Waals surface area contributed by atoms with Crippen molar-refractivity contribution >= 4 is 6.29 Å². The number of aryl methyl sites for hydroxylation is 1. The summed E-state index contributed by atoms with van der Waals surface area (Å²) in [5, 5.41) is 0. The summed E-state index contributed by atoms with van der Waals surface area (Å²) in [6.07, 6.45) is 5.57. The van der Waals surface area contributed by atoms with Gasteiger partial charge in [0.25, 0.3) is 0 Å². The highest BCUT2D eigenvalue weighted by Crippen LogP contribution is 2.08. The SMILES string of the molecule is C/C(=C\CC=O)CCc1ccccc1. The first-order valence-corrected chi connectivity index (χ1v) is 4.96. The smallest absolute Gasteiger partial charge is 0.123 e. The van der Waals surface area contributed by atoms with E-state index in [0.717, 1.165) is 19.1 Å². The van der Waals surface area contributed by atoms with Gasteiger partial charge in [-0.05, 0) is 25.3 Å². The van der Waals surface area contributed by atoms with Gasteiger partial charge in [0.05, 0.1) is 0 Å². The minimum atomic E-state index is 0.542. The van der Waals surface area contributed by atoms with E-state index in [9.17, 15) is 4.79 Å². The Kier molecular flexibility index (Phi) is 4.70. The third-order valence-corrected chi connectivity index (χ3v) is 2.21. The molecule has 0 spiro atoms. The zero-order valence-corrected chi connectivity index (χ0v) is 8.57. The Labute approximate surface area is 85.5 Å². The molecule has 0 atom stereocenters. The van der Waals surface area contributed by atoms with Gasteiger partial charge in [-0.2, -0.15) is 0 Å². The summed E-state index contributed by atoms with van der Waals surface area (Å²) >= 11 is 0. The summed E-state index contributed by atoms with van der Waals surface area (Å²) in [5.74, 6) is 0. The highest BCUT2D eigenvalue weighted by molar-refractivity contribution is 5.52. The number of benzene rings is 1. The summed E-state index contributed by atoms with van der Waals surface area (Å²) in [4.78, 5) is 10.1. The highest BCUT2D eigenvalue weighted by atomic mass is 16.1. The van der Waals surface area contributed by atoms with Gasteiger partial charge < -0.3 is 4.79 Å². The van der Waals surface area contributed by atoms with Gasteiger partial charge in [-0.3, -0.25) is 0 Å². The average molecular weight is 188 g/mol. The Hall–Kier alpha value is -1.37. The second-order valence-corrected chi connectivity index (χ2v) is 3.44. The van der Waals surface area contributed by atoms with Gasteiger partial charge in [0.1, 0.15) is 6.29 Å². The van der Waals surface area contributed by atoms with E-state index in [1.807, 2.05) is 12.1 Å². The predicted molar refractivity (Wildman–Crippen MR) is 59.2 cm³/mol. The minimum Gasteiger partial charge on any atom is -0.303 e. The normalized spacial score (nSPS) is 11.4. The van der Waals surface area contributed by atoms with E-state index in [4.69, 9.17) is 0 Å². The van der Waals surface area contributed by atoms with E-state index >= 15 is 0 Å². The van der Waals surface area contributed by atoms with Crippen LogP contribution in [-0.2, 0) is 11.2 Å². The van der Waals surface area contributed by atoms with Crippen molar-refractivity contribution in [1.29, 1.82) is 0 Å². The average Bonchev–Trinajstić information content (AvgIpc) is 2.25. The fourth-order valence-corrected chi connectivity index (χ4v) is 1.34. The summed E-state index contributed by atoms with van der Waals surface area (Å²) in [5.41, 5.74) is 2.65. The summed E-state index contributed by atoms with van der Waals surface area (Å²) < 4.78 is 0. The predicted octanol–water partition coefficient (Wildman–Crippen LogP) is 3.15. The number of hydrogen-bond acceptors (Lipinski definition) is 1. The Morgan fingerprint density at radius 2 is 2.00 bits per heavy atom. The molecule has 0 aliphatic carbocycles. The lowest BCUT2D eigenvalue weighted by molar-refractivity contribution is -0.107. The largest absolute Gasteiger partial charge is 0.303 e. The fourth-order valence-electron chi connectivity index (χ4n) is 1.34. The monoisotopic (exact) mass is 188 g/mol. The fraction of sp³-hybridized carbons (Fsp3) is 0.308. The molecule has 0 unspecified atom stereocenters. The molecule has 1 aromatic rings. The van der Waals surface area contributed by atoms with Crippen molar-refractivity contribution in [2.24, 2.45) is 0 Å². The molecule has 0 bridgehead atoms. The highest BCUT2D eigenvalue weighted by Gasteiger charge is 1.92. The molecule has 1 heteroatoms. The Bertz CT molecular complexity index is 298.